The number of nitro groups is 1. The average molecular weight is 277 g/mol. The number of rotatable bonds is 4. The van der Waals surface area contributed by atoms with Crippen LogP contribution in [0.4, 0.5) is 13.2 Å². The summed E-state index contributed by atoms with van der Waals surface area (Å²) in [5.74, 6) is 0. The van der Waals surface area contributed by atoms with Gasteiger partial charge in [0.2, 0.25) is 0 Å². The Balaban J connectivity index is 2.79. The topological polar surface area (TPSA) is 43.1 Å². The van der Waals surface area contributed by atoms with Crippen molar-refractivity contribution < 1.29 is 18.1 Å². The van der Waals surface area contributed by atoms with Gasteiger partial charge in [-0.05, 0) is 24.3 Å². The Morgan fingerprint density at radius 1 is 1.39 bits per heavy atom. The maximum atomic E-state index is 12.3. The molecule has 98 valence electrons. The molecule has 0 aromatic heterocycles. The van der Waals surface area contributed by atoms with Crippen molar-refractivity contribution in [2.75, 3.05) is 0 Å². The summed E-state index contributed by atoms with van der Waals surface area (Å²) in [5, 5.41) is 11.8. The van der Waals surface area contributed by atoms with Gasteiger partial charge < -0.3 is 0 Å². The third-order valence-corrected chi connectivity index (χ3v) is 3.04. The molecule has 0 aliphatic carbocycles. The smallest absolute Gasteiger partial charge is 0.259 e. The Morgan fingerprint density at radius 3 is 2.33 bits per heavy atom. The van der Waals surface area contributed by atoms with Crippen molar-refractivity contribution >= 4 is 11.8 Å². The van der Waals surface area contributed by atoms with Crippen LogP contribution < -0.4 is 0 Å². The lowest BCUT2D eigenvalue weighted by atomic mass is 10.2. The van der Waals surface area contributed by atoms with Crippen LogP contribution in [0.25, 0.3) is 0 Å². The maximum absolute atomic E-state index is 12.3. The van der Waals surface area contributed by atoms with Crippen LogP contribution in [0.3, 0.4) is 0 Å². The standard InChI is InChI=1S/C11H10F3NO2S/c1-2-9(15(16)17)7-18-10-5-3-8(4-6-10)11(12,13)14/h3-7H,2H2,1H3. The average Bonchev–Trinajstić information content (AvgIpc) is 2.29. The molecule has 0 spiro atoms. The fourth-order valence-electron chi connectivity index (χ4n) is 1.11. The highest BCUT2D eigenvalue weighted by Gasteiger charge is 2.29. The molecular formula is C11H10F3NO2S. The summed E-state index contributed by atoms with van der Waals surface area (Å²) in [6, 6.07) is 4.48. The van der Waals surface area contributed by atoms with Crippen LogP contribution in [0, 0.1) is 10.1 Å². The summed E-state index contributed by atoms with van der Waals surface area (Å²) in [7, 11) is 0. The van der Waals surface area contributed by atoms with Crippen molar-refractivity contribution in [2.24, 2.45) is 0 Å². The first kappa shape index (κ1) is 14.6. The Labute approximate surface area is 106 Å². The van der Waals surface area contributed by atoms with Crippen LogP contribution in [0.15, 0.2) is 40.3 Å². The highest BCUT2D eigenvalue weighted by atomic mass is 32.2. The summed E-state index contributed by atoms with van der Waals surface area (Å²) < 4.78 is 36.9. The van der Waals surface area contributed by atoms with E-state index in [1.165, 1.54) is 17.5 Å². The largest absolute Gasteiger partial charge is 0.416 e. The molecule has 0 atom stereocenters. The zero-order valence-corrected chi connectivity index (χ0v) is 10.2. The van der Waals surface area contributed by atoms with Crippen molar-refractivity contribution in [3.05, 3.63) is 51.0 Å². The number of allylic oxidation sites excluding steroid dienone is 1. The van der Waals surface area contributed by atoms with Gasteiger partial charge in [0.05, 0.1) is 10.5 Å². The third kappa shape index (κ3) is 4.06. The van der Waals surface area contributed by atoms with E-state index in [1.807, 2.05) is 0 Å². The molecule has 1 rings (SSSR count). The highest BCUT2D eigenvalue weighted by molar-refractivity contribution is 8.02. The molecule has 0 aliphatic rings. The van der Waals surface area contributed by atoms with E-state index < -0.39 is 16.7 Å². The summed E-state index contributed by atoms with van der Waals surface area (Å²) in [6.07, 6.45) is -4.10. The van der Waals surface area contributed by atoms with Gasteiger partial charge in [-0.2, -0.15) is 13.2 Å². The Kier molecular flexibility index (Phi) is 4.77. The summed E-state index contributed by atoms with van der Waals surface area (Å²) in [4.78, 5) is 10.5. The predicted octanol–water partition coefficient (Wildman–Crippen LogP) is 4.33. The van der Waals surface area contributed by atoms with Gasteiger partial charge in [0.15, 0.2) is 0 Å². The van der Waals surface area contributed by atoms with E-state index in [4.69, 9.17) is 0 Å². The predicted molar refractivity (Wildman–Crippen MR) is 62.7 cm³/mol. The number of hydrogen-bond acceptors (Lipinski definition) is 3. The molecule has 0 radical (unpaired) electrons. The number of alkyl halides is 3. The number of benzene rings is 1. The Morgan fingerprint density at radius 2 is 1.94 bits per heavy atom. The number of hydrogen-bond donors (Lipinski definition) is 0. The van der Waals surface area contributed by atoms with E-state index in [0.717, 1.165) is 23.9 Å². The fourth-order valence-corrected chi connectivity index (χ4v) is 1.93. The minimum atomic E-state index is -4.37. The molecule has 1 aromatic rings. The molecule has 3 nitrogen and oxygen atoms in total. The first-order chi connectivity index (χ1) is 8.34. The van der Waals surface area contributed by atoms with Gasteiger partial charge in [-0.1, -0.05) is 18.7 Å². The second-order valence-electron chi connectivity index (χ2n) is 3.36. The molecule has 0 fully saturated rings. The van der Waals surface area contributed by atoms with Crippen LogP contribution in [-0.2, 0) is 6.18 Å². The minimum Gasteiger partial charge on any atom is -0.259 e. The monoisotopic (exact) mass is 277 g/mol. The third-order valence-electron chi connectivity index (χ3n) is 2.11. The summed E-state index contributed by atoms with van der Waals surface area (Å²) >= 11 is 1.03. The van der Waals surface area contributed by atoms with E-state index in [9.17, 15) is 23.3 Å². The lowest BCUT2D eigenvalue weighted by Gasteiger charge is -2.06. The molecule has 0 unspecified atom stereocenters. The van der Waals surface area contributed by atoms with E-state index in [0.29, 0.717) is 4.90 Å². The quantitative estimate of drug-likeness (QED) is 0.467. The van der Waals surface area contributed by atoms with Gasteiger partial charge in [0, 0.05) is 16.7 Å². The van der Waals surface area contributed by atoms with Crippen molar-refractivity contribution in [3.63, 3.8) is 0 Å². The molecular weight excluding hydrogens is 267 g/mol. The number of thioether (sulfide) groups is 1. The molecule has 18 heavy (non-hydrogen) atoms. The molecule has 0 saturated carbocycles. The second-order valence-corrected chi connectivity index (χ2v) is 4.30. The normalized spacial score (nSPS) is 12.6. The van der Waals surface area contributed by atoms with Gasteiger partial charge in [-0.25, -0.2) is 0 Å². The molecule has 0 aliphatic heterocycles. The lowest BCUT2D eigenvalue weighted by molar-refractivity contribution is -0.427. The van der Waals surface area contributed by atoms with E-state index in [-0.39, 0.29) is 12.1 Å². The Hall–Kier alpha value is -1.50. The van der Waals surface area contributed by atoms with Crippen molar-refractivity contribution in [1.82, 2.24) is 0 Å². The molecule has 0 heterocycles. The highest BCUT2D eigenvalue weighted by Crippen LogP contribution is 2.31. The zero-order chi connectivity index (χ0) is 13.8. The van der Waals surface area contributed by atoms with Gasteiger partial charge in [0.25, 0.3) is 5.70 Å². The lowest BCUT2D eigenvalue weighted by Crippen LogP contribution is -2.03. The van der Waals surface area contributed by atoms with E-state index in [1.54, 1.807) is 6.92 Å². The Bertz CT molecular complexity index is 454. The second kappa shape index (κ2) is 5.90. The van der Waals surface area contributed by atoms with E-state index in [2.05, 4.69) is 0 Å². The van der Waals surface area contributed by atoms with Crippen LogP contribution in [0.1, 0.15) is 18.9 Å². The molecule has 0 bridgehead atoms. The van der Waals surface area contributed by atoms with Gasteiger partial charge in [-0.15, -0.1) is 0 Å². The molecule has 0 saturated heterocycles. The molecule has 0 N–H and O–H groups in total. The first-order valence-electron chi connectivity index (χ1n) is 5.02. The summed E-state index contributed by atoms with van der Waals surface area (Å²) in [6.45, 7) is 1.64. The van der Waals surface area contributed by atoms with Gasteiger partial charge in [0.1, 0.15) is 0 Å². The van der Waals surface area contributed by atoms with Crippen LogP contribution in [0.2, 0.25) is 0 Å². The number of halogens is 3. The molecule has 0 amide bonds. The van der Waals surface area contributed by atoms with Crippen molar-refractivity contribution in [2.45, 2.75) is 24.4 Å². The summed E-state index contributed by atoms with van der Waals surface area (Å²) in [5.41, 5.74) is -0.708. The zero-order valence-electron chi connectivity index (χ0n) is 9.40. The molecule has 7 heteroatoms. The van der Waals surface area contributed by atoms with Crippen LogP contribution in [0.5, 0.6) is 0 Å². The molecule has 1 aromatic carbocycles. The van der Waals surface area contributed by atoms with Crippen LogP contribution in [-0.4, -0.2) is 4.92 Å². The van der Waals surface area contributed by atoms with E-state index >= 15 is 0 Å². The fraction of sp³-hybridized carbons (Fsp3) is 0.273. The minimum absolute atomic E-state index is 0.0277. The van der Waals surface area contributed by atoms with Gasteiger partial charge in [-0.3, -0.25) is 10.1 Å². The SMILES string of the molecule is CCC(=CSc1ccc(C(F)(F)F)cc1)[N+](=O)[O-]. The maximum Gasteiger partial charge on any atom is 0.416 e. The first-order valence-corrected chi connectivity index (χ1v) is 5.90. The van der Waals surface area contributed by atoms with Crippen molar-refractivity contribution in [3.8, 4) is 0 Å². The number of nitrogens with zero attached hydrogens (tertiary/aromatic N) is 1. The van der Waals surface area contributed by atoms with Gasteiger partial charge >= 0.3 is 6.18 Å². The van der Waals surface area contributed by atoms with Crippen molar-refractivity contribution in [1.29, 1.82) is 0 Å². The van der Waals surface area contributed by atoms with Crippen LogP contribution >= 0.6 is 11.8 Å².